The molecule has 0 aromatic heterocycles. The zero-order valence-electron chi connectivity index (χ0n) is 12.6. The van der Waals surface area contributed by atoms with Crippen LogP contribution >= 0.6 is 0 Å². The quantitative estimate of drug-likeness (QED) is 0.864. The second-order valence-electron chi connectivity index (χ2n) is 5.05. The maximum Gasteiger partial charge on any atom is 0.253 e. The molecule has 0 heterocycles. The second-order valence-corrected chi connectivity index (χ2v) is 5.05. The van der Waals surface area contributed by atoms with Crippen molar-refractivity contribution in [3.8, 4) is 16.9 Å². The summed E-state index contributed by atoms with van der Waals surface area (Å²) in [7, 11) is 4.83. The van der Waals surface area contributed by atoms with Crippen LogP contribution in [-0.2, 0) is 0 Å². The molecule has 4 heteroatoms. The van der Waals surface area contributed by atoms with Crippen molar-refractivity contribution in [2.75, 3.05) is 21.2 Å². The van der Waals surface area contributed by atoms with Crippen LogP contribution in [0.2, 0.25) is 0 Å². The van der Waals surface area contributed by atoms with Crippen LogP contribution in [0.1, 0.15) is 15.9 Å². The zero-order chi connectivity index (χ0) is 15.6. The van der Waals surface area contributed by atoms with Crippen LogP contribution < -0.4 is 4.74 Å². The van der Waals surface area contributed by atoms with Gasteiger partial charge in [-0.2, -0.15) is 0 Å². The van der Waals surface area contributed by atoms with Gasteiger partial charge in [-0.25, -0.2) is 4.39 Å². The molecule has 0 aliphatic rings. The highest BCUT2D eigenvalue weighted by atomic mass is 19.1. The lowest BCUT2D eigenvalue weighted by molar-refractivity contribution is 0.0827. The van der Waals surface area contributed by atoms with Gasteiger partial charge in [-0.3, -0.25) is 4.79 Å². The molecule has 0 aliphatic carbocycles. The van der Waals surface area contributed by atoms with E-state index >= 15 is 0 Å². The highest BCUT2D eigenvalue weighted by Gasteiger charge is 2.16. The van der Waals surface area contributed by atoms with Gasteiger partial charge in [-0.05, 0) is 30.7 Å². The molecule has 0 unspecified atom stereocenters. The van der Waals surface area contributed by atoms with Gasteiger partial charge in [0.25, 0.3) is 5.91 Å². The van der Waals surface area contributed by atoms with E-state index in [1.165, 1.54) is 11.0 Å². The molecule has 2 aromatic rings. The van der Waals surface area contributed by atoms with Crippen molar-refractivity contribution in [1.82, 2.24) is 4.90 Å². The summed E-state index contributed by atoms with van der Waals surface area (Å²) in [4.78, 5) is 13.3. The summed E-state index contributed by atoms with van der Waals surface area (Å²) in [5.41, 5.74) is 2.38. The van der Waals surface area contributed by atoms with Crippen LogP contribution in [0.4, 0.5) is 4.39 Å². The van der Waals surface area contributed by atoms with E-state index in [0.29, 0.717) is 22.4 Å². The van der Waals surface area contributed by atoms with E-state index in [2.05, 4.69) is 0 Å². The molecule has 0 N–H and O–H groups in total. The van der Waals surface area contributed by atoms with E-state index in [1.807, 2.05) is 19.1 Å². The normalized spacial score (nSPS) is 10.3. The number of hydrogen-bond acceptors (Lipinski definition) is 2. The number of aryl methyl sites for hydroxylation is 1. The fraction of sp³-hybridized carbons (Fsp3) is 0.235. The molecule has 0 atom stereocenters. The Labute approximate surface area is 124 Å². The van der Waals surface area contributed by atoms with Crippen molar-refractivity contribution in [3.05, 3.63) is 53.3 Å². The van der Waals surface area contributed by atoms with Gasteiger partial charge >= 0.3 is 0 Å². The smallest absolute Gasteiger partial charge is 0.253 e. The third kappa shape index (κ3) is 2.89. The third-order valence-electron chi connectivity index (χ3n) is 3.35. The molecule has 1 amide bonds. The average molecular weight is 287 g/mol. The van der Waals surface area contributed by atoms with Gasteiger partial charge in [0.2, 0.25) is 0 Å². The number of hydrogen-bond donors (Lipinski definition) is 0. The lowest BCUT2D eigenvalue weighted by atomic mass is 9.97. The Morgan fingerprint density at radius 3 is 2.48 bits per heavy atom. The van der Waals surface area contributed by atoms with Crippen LogP contribution in [-0.4, -0.2) is 32.0 Å². The Morgan fingerprint density at radius 1 is 1.19 bits per heavy atom. The first-order chi connectivity index (χ1) is 9.95. The second kappa shape index (κ2) is 5.95. The topological polar surface area (TPSA) is 29.5 Å². The van der Waals surface area contributed by atoms with Gasteiger partial charge in [0, 0.05) is 30.8 Å². The molecule has 21 heavy (non-hydrogen) atoms. The van der Waals surface area contributed by atoms with Crippen LogP contribution in [0, 0.1) is 12.7 Å². The minimum Gasteiger partial charge on any atom is -0.496 e. The highest BCUT2D eigenvalue weighted by molar-refractivity contribution is 5.94. The van der Waals surface area contributed by atoms with E-state index in [1.54, 1.807) is 39.4 Å². The van der Waals surface area contributed by atoms with E-state index < -0.39 is 5.82 Å². The number of carbonyl (C=O) groups excluding carboxylic acids is 1. The fourth-order valence-electron chi connectivity index (χ4n) is 2.27. The predicted octanol–water partition coefficient (Wildman–Crippen LogP) is 3.51. The Bertz CT molecular complexity index is 680. The largest absolute Gasteiger partial charge is 0.496 e. The SMILES string of the molecule is COc1cccc(C)c1-c1ccc(C(=O)N(C)C)cc1F. The Balaban J connectivity index is 2.55. The molecule has 0 spiro atoms. The highest BCUT2D eigenvalue weighted by Crippen LogP contribution is 2.34. The molecular weight excluding hydrogens is 269 g/mol. The molecule has 0 aliphatic heterocycles. The molecule has 3 nitrogen and oxygen atoms in total. The zero-order valence-corrected chi connectivity index (χ0v) is 12.6. The number of methoxy groups -OCH3 is 1. The van der Waals surface area contributed by atoms with Crippen molar-refractivity contribution < 1.29 is 13.9 Å². The molecule has 0 saturated heterocycles. The molecule has 110 valence electrons. The number of rotatable bonds is 3. The maximum absolute atomic E-state index is 14.4. The number of ether oxygens (including phenoxy) is 1. The van der Waals surface area contributed by atoms with Gasteiger partial charge in [0.1, 0.15) is 11.6 Å². The summed E-state index contributed by atoms with van der Waals surface area (Å²) in [6.07, 6.45) is 0. The molecule has 2 rings (SSSR count). The summed E-state index contributed by atoms with van der Waals surface area (Å²) < 4.78 is 19.7. The standard InChI is InChI=1S/C17H18FNO2/c1-11-6-5-7-15(21-4)16(11)13-9-8-12(10-14(13)18)17(20)19(2)3/h5-10H,1-4H3. The van der Waals surface area contributed by atoms with E-state index in [9.17, 15) is 9.18 Å². The predicted molar refractivity (Wildman–Crippen MR) is 81.1 cm³/mol. The minimum atomic E-state index is -0.435. The van der Waals surface area contributed by atoms with Crippen LogP contribution in [0.25, 0.3) is 11.1 Å². The lowest BCUT2D eigenvalue weighted by Crippen LogP contribution is -2.21. The van der Waals surface area contributed by atoms with Gasteiger partial charge in [0.05, 0.1) is 7.11 Å². The lowest BCUT2D eigenvalue weighted by Gasteiger charge is -2.14. The monoisotopic (exact) mass is 287 g/mol. The van der Waals surface area contributed by atoms with Crippen LogP contribution in [0.15, 0.2) is 36.4 Å². The fourth-order valence-corrected chi connectivity index (χ4v) is 2.27. The number of carbonyl (C=O) groups is 1. The van der Waals surface area contributed by atoms with E-state index in [4.69, 9.17) is 4.74 Å². The van der Waals surface area contributed by atoms with Gasteiger partial charge in [-0.15, -0.1) is 0 Å². The van der Waals surface area contributed by atoms with Gasteiger partial charge < -0.3 is 9.64 Å². The van der Waals surface area contributed by atoms with E-state index in [-0.39, 0.29) is 5.91 Å². The third-order valence-corrected chi connectivity index (χ3v) is 3.35. The van der Waals surface area contributed by atoms with Crippen molar-refractivity contribution >= 4 is 5.91 Å². The molecule has 0 saturated carbocycles. The Morgan fingerprint density at radius 2 is 1.90 bits per heavy atom. The molecule has 0 radical (unpaired) electrons. The van der Waals surface area contributed by atoms with Crippen LogP contribution in [0.3, 0.4) is 0 Å². The maximum atomic E-state index is 14.4. The van der Waals surface area contributed by atoms with Gasteiger partial charge in [0.15, 0.2) is 0 Å². The Hall–Kier alpha value is -2.36. The number of benzene rings is 2. The van der Waals surface area contributed by atoms with Crippen molar-refractivity contribution in [3.63, 3.8) is 0 Å². The summed E-state index contributed by atoms with van der Waals surface area (Å²) in [5.74, 6) is -0.0481. The first-order valence-corrected chi connectivity index (χ1v) is 6.61. The first kappa shape index (κ1) is 15.0. The van der Waals surface area contributed by atoms with Crippen molar-refractivity contribution in [1.29, 1.82) is 0 Å². The van der Waals surface area contributed by atoms with Gasteiger partial charge in [-0.1, -0.05) is 18.2 Å². The molecule has 0 bridgehead atoms. The van der Waals surface area contributed by atoms with Crippen LogP contribution in [0.5, 0.6) is 5.75 Å². The Kier molecular flexibility index (Phi) is 4.26. The molecule has 2 aromatic carbocycles. The van der Waals surface area contributed by atoms with Crippen molar-refractivity contribution in [2.45, 2.75) is 6.92 Å². The summed E-state index contributed by atoms with van der Waals surface area (Å²) >= 11 is 0. The summed E-state index contributed by atoms with van der Waals surface area (Å²) in [6.45, 7) is 1.90. The van der Waals surface area contributed by atoms with Crippen molar-refractivity contribution in [2.24, 2.45) is 0 Å². The summed E-state index contributed by atoms with van der Waals surface area (Å²) in [5, 5.41) is 0. The average Bonchev–Trinajstić information content (AvgIpc) is 2.46. The minimum absolute atomic E-state index is 0.225. The van der Waals surface area contributed by atoms with E-state index in [0.717, 1.165) is 5.56 Å². The molecular formula is C17H18FNO2. The number of halogens is 1. The number of amides is 1. The summed E-state index contributed by atoms with van der Waals surface area (Å²) in [6, 6.07) is 10.1. The number of nitrogens with zero attached hydrogens (tertiary/aromatic N) is 1. The first-order valence-electron chi connectivity index (χ1n) is 6.61. The molecule has 0 fully saturated rings.